The van der Waals surface area contributed by atoms with Gasteiger partial charge >= 0.3 is 12.5 Å². The number of halogens is 4. The number of fused-ring (bicyclic) bond motifs is 1. The summed E-state index contributed by atoms with van der Waals surface area (Å²) < 4.78 is 59.4. The number of piperidine rings is 1. The minimum Gasteiger partial charge on any atom is -0.445 e. The molecule has 194 valence electrons. The van der Waals surface area contributed by atoms with Crippen LogP contribution < -0.4 is 4.74 Å². The molecule has 5 rings (SSSR count). The number of H-pyrrole nitrogens is 1. The Hall–Kier alpha value is -3.38. The van der Waals surface area contributed by atoms with E-state index in [1.165, 1.54) is 6.07 Å². The van der Waals surface area contributed by atoms with Crippen molar-refractivity contribution < 1.29 is 36.6 Å². The van der Waals surface area contributed by atoms with E-state index >= 15 is 0 Å². The molecular formula is C23H25F4N5O4. The van der Waals surface area contributed by atoms with E-state index in [-0.39, 0.29) is 29.4 Å². The quantitative estimate of drug-likeness (QED) is 0.633. The lowest BCUT2D eigenvalue weighted by molar-refractivity contribution is -0.275. The van der Waals surface area contributed by atoms with Crippen molar-refractivity contribution in [3.8, 4) is 5.75 Å². The minimum absolute atomic E-state index is 0.0513. The summed E-state index contributed by atoms with van der Waals surface area (Å²) in [5.41, 5.74) is 1.97. The van der Waals surface area contributed by atoms with Gasteiger partial charge in [-0.2, -0.15) is 15.4 Å². The number of nitrogens with one attached hydrogen (secondary N) is 1. The Morgan fingerprint density at radius 2 is 1.83 bits per heavy atom. The molecule has 3 heterocycles. The van der Waals surface area contributed by atoms with Crippen molar-refractivity contribution in [2.45, 2.75) is 45.1 Å². The normalized spacial score (nSPS) is 21.1. The molecule has 9 nitrogen and oxygen atoms in total. The Labute approximate surface area is 203 Å². The lowest BCUT2D eigenvalue weighted by Gasteiger charge is -2.53. The third-order valence-corrected chi connectivity index (χ3v) is 7.25. The first kappa shape index (κ1) is 24.3. The average molecular weight is 511 g/mol. The summed E-state index contributed by atoms with van der Waals surface area (Å²) in [5, 5.41) is 10.9. The first-order valence-corrected chi connectivity index (χ1v) is 11.7. The number of aromatic nitrogens is 3. The van der Waals surface area contributed by atoms with E-state index in [4.69, 9.17) is 4.74 Å². The van der Waals surface area contributed by atoms with Crippen molar-refractivity contribution in [1.82, 2.24) is 25.2 Å². The number of amides is 2. The van der Waals surface area contributed by atoms with Gasteiger partial charge in [-0.05, 0) is 43.4 Å². The summed E-state index contributed by atoms with van der Waals surface area (Å²) in [5.74, 6) is -2.07. The number of rotatable bonds is 4. The molecule has 1 aromatic carbocycles. The number of hydrogen-bond acceptors (Lipinski definition) is 6. The second-order valence-electron chi connectivity index (χ2n) is 9.71. The van der Waals surface area contributed by atoms with Gasteiger partial charge in [0, 0.05) is 43.9 Å². The van der Waals surface area contributed by atoms with Crippen LogP contribution in [-0.2, 0) is 29.0 Å². The Kier molecular flexibility index (Phi) is 6.25. The molecule has 2 fully saturated rings. The fourth-order valence-corrected chi connectivity index (χ4v) is 5.24. The molecule has 3 aliphatic rings. The highest BCUT2D eigenvalue weighted by molar-refractivity contribution is 5.79. The fraction of sp³-hybridized carbons (Fsp3) is 0.565. The number of hydrogen-bond donors (Lipinski definition) is 1. The molecule has 36 heavy (non-hydrogen) atoms. The summed E-state index contributed by atoms with van der Waals surface area (Å²) in [4.78, 5) is 28.8. The number of benzene rings is 1. The molecule has 1 aromatic heterocycles. The van der Waals surface area contributed by atoms with Gasteiger partial charge in [0.05, 0.1) is 11.4 Å². The van der Waals surface area contributed by atoms with Crippen LogP contribution in [0.5, 0.6) is 5.75 Å². The molecule has 1 spiro atoms. The maximum Gasteiger partial charge on any atom is 0.573 e. The smallest absolute Gasteiger partial charge is 0.445 e. The summed E-state index contributed by atoms with van der Waals surface area (Å²) in [6.45, 7) is 2.01. The van der Waals surface area contributed by atoms with Crippen LogP contribution in [0.4, 0.5) is 22.4 Å². The molecule has 2 amide bonds. The molecule has 1 N–H and O–H groups in total. The van der Waals surface area contributed by atoms with E-state index in [0.29, 0.717) is 32.6 Å². The van der Waals surface area contributed by atoms with E-state index in [9.17, 15) is 27.2 Å². The highest BCUT2D eigenvalue weighted by Crippen LogP contribution is 2.41. The standard InChI is InChI=1S/C23H25F4N5O4/c24-16-9-14(1-4-19(16)36-23(25,26)27)11-35-21(34)32-12-22(13-32)5-7-31(8-6-22)20(33)15-2-3-17-18(10-15)29-30-28-17/h1,4,9,15H,2-3,5-8,10-13H2,(H,28,29,30). The second kappa shape index (κ2) is 9.25. The molecule has 2 aliphatic heterocycles. The highest BCUT2D eigenvalue weighted by Gasteiger charge is 2.48. The van der Waals surface area contributed by atoms with Gasteiger partial charge in [0.15, 0.2) is 11.6 Å². The largest absolute Gasteiger partial charge is 0.573 e. The van der Waals surface area contributed by atoms with Crippen molar-refractivity contribution >= 4 is 12.0 Å². The molecule has 0 bridgehead atoms. The van der Waals surface area contributed by atoms with E-state index in [1.807, 2.05) is 4.90 Å². The molecule has 0 saturated carbocycles. The van der Waals surface area contributed by atoms with Crippen molar-refractivity contribution in [2.24, 2.45) is 11.3 Å². The van der Waals surface area contributed by atoms with Gasteiger partial charge in [0.1, 0.15) is 6.61 Å². The Morgan fingerprint density at radius 1 is 1.11 bits per heavy atom. The van der Waals surface area contributed by atoms with Gasteiger partial charge in [0.25, 0.3) is 0 Å². The van der Waals surface area contributed by atoms with Crippen LogP contribution >= 0.6 is 0 Å². The Morgan fingerprint density at radius 3 is 2.53 bits per heavy atom. The van der Waals surface area contributed by atoms with Crippen LogP contribution in [0, 0.1) is 17.2 Å². The number of aryl methyl sites for hydroxylation is 1. The number of ether oxygens (including phenoxy) is 2. The lowest BCUT2D eigenvalue weighted by Crippen LogP contribution is -2.62. The van der Waals surface area contributed by atoms with Crippen LogP contribution in [0.15, 0.2) is 18.2 Å². The maximum atomic E-state index is 13.8. The van der Waals surface area contributed by atoms with E-state index in [2.05, 4.69) is 20.1 Å². The minimum atomic E-state index is -5.00. The number of carbonyl (C=O) groups excluding carboxylic acids is 2. The molecular weight excluding hydrogens is 486 g/mol. The predicted octanol–water partition coefficient (Wildman–Crippen LogP) is 3.21. The van der Waals surface area contributed by atoms with Gasteiger partial charge in [-0.1, -0.05) is 6.07 Å². The Bertz CT molecular complexity index is 1140. The lowest BCUT2D eigenvalue weighted by atomic mass is 9.72. The van der Waals surface area contributed by atoms with Gasteiger partial charge in [-0.25, -0.2) is 9.18 Å². The predicted molar refractivity (Wildman–Crippen MR) is 115 cm³/mol. The topological polar surface area (TPSA) is 101 Å². The molecule has 1 atom stereocenters. The number of likely N-dealkylation sites (tertiary alicyclic amines) is 2. The summed E-state index contributed by atoms with van der Waals surface area (Å²) >= 11 is 0. The first-order chi connectivity index (χ1) is 17.1. The van der Waals surface area contributed by atoms with Gasteiger partial charge in [-0.15, -0.1) is 13.2 Å². The Balaban J connectivity index is 1.06. The van der Waals surface area contributed by atoms with Crippen LogP contribution in [0.3, 0.4) is 0 Å². The zero-order valence-electron chi connectivity index (χ0n) is 19.3. The maximum absolute atomic E-state index is 13.8. The second-order valence-corrected chi connectivity index (χ2v) is 9.71. The third-order valence-electron chi connectivity index (χ3n) is 7.25. The van der Waals surface area contributed by atoms with Crippen LogP contribution in [0.1, 0.15) is 36.2 Å². The first-order valence-electron chi connectivity index (χ1n) is 11.7. The van der Waals surface area contributed by atoms with E-state index in [1.54, 1.807) is 4.90 Å². The van der Waals surface area contributed by atoms with E-state index in [0.717, 1.165) is 49.2 Å². The van der Waals surface area contributed by atoms with Crippen LogP contribution in [0.25, 0.3) is 0 Å². The number of alkyl halides is 3. The van der Waals surface area contributed by atoms with Crippen molar-refractivity contribution in [3.05, 3.63) is 41.0 Å². The van der Waals surface area contributed by atoms with Crippen molar-refractivity contribution in [2.75, 3.05) is 26.2 Å². The summed E-state index contributed by atoms with van der Waals surface area (Å²) in [6.07, 6.45) is -1.87. The zero-order chi connectivity index (χ0) is 25.5. The SMILES string of the molecule is O=C(OCc1ccc(OC(F)(F)F)c(F)c1)N1CC2(CCN(C(=O)C3CCc4n[nH]nc4C3)CC2)C1. The monoisotopic (exact) mass is 511 g/mol. The number of aromatic amines is 1. The average Bonchev–Trinajstić information content (AvgIpc) is 3.29. The molecule has 1 aliphatic carbocycles. The fourth-order valence-electron chi connectivity index (χ4n) is 5.24. The molecule has 1 unspecified atom stereocenters. The van der Waals surface area contributed by atoms with Crippen LogP contribution in [0.2, 0.25) is 0 Å². The summed E-state index contributed by atoms with van der Waals surface area (Å²) in [6, 6.07) is 2.89. The highest BCUT2D eigenvalue weighted by atomic mass is 19.4. The molecule has 2 saturated heterocycles. The molecule has 0 radical (unpaired) electrons. The zero-order valence-corrected chi connectivity index (χ0v) is 19.3. The number of carbonyl (C=O) groups is 2. The van der Waals surface area contributed by atoms with E-state index < -0.39 is 24.0 Å². The number of nitrogens with zero attached hydrogens (tertiary/aromatic N) is 4. The van der Waals surface area contributed by atoms with Gasteiger partial charge < -0.3 is 19.3 Å². The van der Waals surface area contributed by atoms with Crippen LogP contribution in [-0.4, -0.2) is 69.8 Å². The molecule has 13 heteroatoms. The third kappa shape index (κ3) is 5.09. The summed E-state index contributed by atoms with van der Waals surface area (Å²) in [7, 11) is 0. The van der Waals surface area contributed by atoms with Gasteiger partial charge in [-0.3, -0.25) is 4.79 Å². The van der Waals surface area contributed by atoms with Gasteiger partial charge in [0.2, 0.25) is 5.91 Å². The molecule has 2 aromatic rings. The van der Waals surface area contributed by atoms with Crippen molar-refractivity contribution in [3.63, 3.8) is 0 Å². The van der Waals surface area contributed by atoms with Crippen molar-refractivity contribution in [1.29, 1.82) is 0 Å².